The van der Waals surface area contributed by atoms with Crippen LogP contribution in [0.5, 0.6) is 0 Å². The Balaban J connectivity index is 4.14. The van der Waals surface area contributed by atoms with Crippen molar-refractivity contribution in [3.05, 3.63) is 48.6 Å². The van der Waals surface area contributed by atoms with Crippen LogP contribution in [0.1, 0.15) is 387 Å². The van der Waals surface area contributed by atoms with Gasteiger partial charge in [-0.15, -0.1) is 0 Å². The summed E-state index contributed by atoms with van der Waals surface area (Å²) in [6.45, 7) is 6.56. The Labute approximate surface area is 498 Å². The van der Waals surface area contributed by atoms with E-state index in [1.165, 1.54) is 263 Å². The van der Waals surface area contributed by atoms with Crippen molar-refractivity contribution in [2.24, 2.45) is 0 Å². The van der Waals surface area contributed by atoms with Crippen molar-refractivity contribution in [1.82, 2.24) is 0 Å². The Morgan fingerprint density at radius 2 is 0.487 bits per heavy atom. The number of unbranched alkanes of at least 4 members (excludes halogenated alkanes) is 47. The Morgan fingerprint density at radius 3 is 0.762 bits per heavy atom. The third kappa shape index (κ3) is 66.2. The van der Waals surface area contributed by atoms with Gasteiger partial charge in [-0.05, 0) is 57.8 Å². The van der Waals surface area contributed by atoms with Crippen molar-refractivity contribution in [3.8, 4) is 0 Å². The molecule has 0 aromatic heterocycles. The van der Waals surface area contributed by atoms with Gasteiger partial charge >= 0.3 is 17.9 Å². The molecule has 0 saturated carbocycles. The minimum Gasteiger partial charge on any atom is -0.462 e. The minimum absolute atomic E-state index is 0.0849. The molecule has 0 aliphatic rings. The summed E-state index contributed by atoms with van der Waals surface area (Å²) in [5.41, 5.74) is 0. The molecule has 0 heterocycles. The SMILES string of the molecule is CC/C=C\C/C=C\C/C=C\C/C=C\CCCCC(=O)OC(COC(=O)CCCCCCCCCCCCCCCCC)COC(=O)CCCCCCCCCCCCCCCCCCCCCCCCCCCCCCCCCC. The van der Waals surface area contributed by atoms with E-state index in [1.54, 1.807) is 0 Å². The van der Waals surface area contributed by atoms with Crippen molar-refractivity contribution >= 4 is 17.9 Å². The van der Waals surface area contributed by atoms with Crippen LogP contribution in [0.2, 0.25) is 0 Å². The number of allylic oxidation sites excluding steroid dienone is 8. The Hall–Kier alpha value is -2.63. The van der Waals surface area contributed by atoms with Gasteiger partial charge in [0.05, 0.1) is 0 Å². The molecule has 0 aromatic carbocycles. The lowest BCUT2D eigenvalue weighted by Crippen LogP contribution is -2.30. The lowest BCUT2D eigenvalue weighted by atomic mass is 10.0. The monoisotopic (exact) mass is 1120 g/mol. The van der Waals surface area contributed by atoms with Crippen LogP contribution in [0.15, 0.2) is 48.6 Å². The van der Waals surface area contributed by atoms with Crippen molar-refractivity contribution in [1.29, 1.82) is 0 Å². The van der Waals surface area contributed by atoms with Gasteiger partial charge in [0, 0.05) is 19.3 Å². The topological polar surface area (TPSA) is 78.9 Å². The van der Waals surface area contributed by atoms with Gasteiger partial charge < -0.3 is 14.2 Å². The van der Waals surface area contributed by atoms with Crippen molar-refractivity contribution < 1.29 is 28.6 Å². The third-order valence-electron chi connectivity index (χ3n) is 16.1. The summed E-state index contributed by atoms with van der Waals surface area (Å²) in [5.74, 6) is -0.902. The molecule has 0 bridgehead atoms. The van der Waals surface area contributed by atoms with E-state index in [9.17, 15) is 14.4 Å². The van der Waals surface area contributed by atoms with Gasteiger partial charge in [-0.2, -0.15) is 0 Å². The van der Waals surface area contributed by atoms with Gasteiger partial charge in [0.2, 0.25) is 0 Å². The molecule has 0 spiro atoms. The Bertz CT molecular complexity index is 1380. The van der Waals surface area contributed by atoms with E-state index in [1.807, 2.05) is 0 Å². The maximum Gasteiger partial charge on any atom is 0.306 e. The summed E-state index contributed by atoms with van der Waals surface area (Å²) >= 11 is 0. The molecule has 0 fully saturated rings. The third-order valence-corrected chi connectivity index (χ3v) is 16.1. The van der Waals surface area contributed by atoms with Crippen LogP contribution >= 0.6 is 0 Å². The molecule has 6 heteroatoms. The van der Waals surface area contributed by atoms with Crippen molar-refractivity contribution in [2.75, 3.05) is 13.2 Å². The predicted molar refractivity (Wildman–Crippen MR) is 349 cm³/mol. The lowest BCUT2D eigenvalue weighted by molar-refractivity contribution is -0.167. The first kappa shape index (κ1) is 77.4. The lowest BCUT2D eigenvalue weighted by Gasteiger charge is -2.18. The van der Waals surface area contributed by atoms with Crippen LogP contribution in [0.25, 0.3) is 0 Å². The zero-order chi connectivity index (χ0) is 57.8. The molecule has 80 heavy (non-hydrogen) atoms. The molecule has 0 rings (SSSR count). The van der Waals surface area contributed by atoms with E-state index < -0.39 is 6.10 Å². The summed E-state index contributed by atoms with van der Waals surface area (Å²) < 4.78 is 16.9. The number of ether oxygens (including phenoxy) is 3. The van der Waals surface area contributed by atoms with Crippen LogP contribution < -0.4 is 0 Å². The van der Waals surface area contributed by atoms with Crippen LogP contribution in [-0.4, -0.2) is 37.2 Å². The minimum atomic E-state index is -0.793. The Kier molecular flexibility index (Phi) is 66.6. The van der Waals surface area contributed by atoms with Gasteiger partial charge in [0.1, 0.15) is 13.2 Å². The maximum absolute atomic E-state index is 12.9. The van der Waals surface area contributed by atoms with Crippen LogP contribution in [0, 0.1) is 0 Å². The number of carbonyl (C=O) groups excluding carboxylic acids is 3. The van der Waals surface area contributed by atoms with E-state index in [2.05, 4.69) is 69.4 Å². The van der Waals surface area contributed by atoms with Gasteiger partial charge in [-0.1, -0.05) is 358 Å². The molecule has 1 atom stereocenters. The second kappa shape index (κ2) is 68.9. The van der Waals surface area contributed by atoms with E-state index >= 15 is 0 Å². The summed E-state index contributed by atoms with van der Waals surface area (Å²) in [5, 5.41) is 0. The molecule has 0 N–H and O–H groups in total. The summed E-state index contributed by atoms with van der Waals surface area (Å²) in [4.78, 5) is 38.3. The molecule has 6 nitrogen and oxygen atoms in total. The molecule has 0 aliphatic carbocycles. The average Bonchev–Trinajstić information content (AvgIpc) is 3.46. The molecule has 1 unspecified atom stereocenters. The molecule has 468 valence electrons. The number of carbonyl (C=O) groups is 3. The van der Waals surface area contributed by atoms with E-state index in [0.29, 0.717) is 19.3 Å². The highest BCUT2D eigenvalue weighted by molar-refractivity contribution is 5.71. The zero-order valence-corrected chi connectivity index (χ0v) is 53.9. The predicted octanol–water partition coefficient (Wildman–Crippen LogP) is 24.5. The fourth-order valence-corrected chi connectivity index (χ4v) is 10.8. The second-order valence-corrected chi connectivity index (χ2v) is 24.1. The normalized spacial score (nSPS) is 12.3. The average molecular weight is 1120 g/mol. The highest BCUT2D eigenvalue weighted by atomic mass is 16.6. The first-order valence-electron chi connectivity index (χ1n) is 35.6. The summed E-state index contributed by atoms with van der Waals surface area (Å²) in [6, 6.07) is 0. The molecule has 0 amide bonds. The number of rotatable bonds is 66. The van der Waals surface area contributed by atoms with Gasteiger partial charge in [-0.3, -0.25) is 14.4 Å². The number of esters is 3. The van der Waals surface area contributed by atoms with Crippen LogP contribution in [0.4, 0.5) is 0 Å². The smallest absolute Gasteiger partial charge is 0.306 e. The fourth-order valence-electron chi connectivity index (χ4n) is 10.8. The number of hydrogen-bond acceptors (Lipinski definition) is 6. The molecule has 0 saturated heterocycles. The molecule has 0 radical (unpaired) electrons. The van der Waals surface area contributed by atoms with Crippen LogP contribution in [-0.2, 0) is 28.6 Å². The van der Waals surface area contributed by atoms with Crippen molar-refractivity contribution in [3.63, 3.8) is 0 Å². The highest BCUT2D eigenvalue weighted by Crippen LogP contribution is 2.19. The molecule has 0 aliphatic heterocycles. The van der Waals surface area contributed by atoms with Crippen LogP contribution in [0.3, 0.4) is 0 Å². The molecular formula is C74H136O6. The van der Waals surface area contributed by atoms with E-state index in [0.717, 1.165) is 77.0 Å². The maximum atomic E-state index is 12.9. The number of hydrogen-bond donors (Lipinski definition) is 0. The molecule has 0 aromatic rings. The standard InChI is InChI=1S/C74H136O6/c1-4-7-10-13-16-19-22-25-28-29-30-31-32-33-34-35-36-37-38-39-40-41-42-43-44-47-49-52-55-58-61-64-67-73(76)79-70-71(80-74(77)68-65-62-59-56-53-50-46-27-24-21-18-15-12-9-6-3)69-78-72(75)66-63-60-57-54-51-48-45-26-23-20-17-14-11-8-5-2/h9,12,18,21,27,46,53,56,71H,4-8,10-11,13-17,19-20,22-26,28-45,47-52,54-55,57-70H2,1-3H3/b12-9-,21-18-,46-27-,56-53-. The summed E-state index contributed by atoms with van der Waals surface area (Å²) in [6.07, 6.45) is 87.4. The zero-order valence-electron chi connectivity index (χ0n) is 53.9. The fraction of sp³-hybridized carbons (Fsp3) is 0.851. The highest BCUT2D eigenvalue weighted by Gasteiger charge is 2.19. The largest absolute Gasteiger partial charge is 0.462 e. The van der Waals surface area contributed by atoms with Gasteiger partial charge in [0.25, 0.3) is 0 Å². The van der Waals surface area contributed by atoms with Crippen molar-refractivity contribution in [2.45, 2.75) is 393 Å². The first-order chi connectivity index (χ1) is 39.5. The Morgan fingerprint density at radius 1 is 0.263 bits per heavy atom. The summed E-state index contributed by atoms with van der Waals surface area (Å²) in [7, 11) is 0. The van der Waals surface area contributed by atoms with Gasteiger partial charge in [-0.25, -0.2) is 0 Å². The van der Waals surface area contributed by atoms with E-state index in [4.69, 9.17) is 14.2 Å². The first-order valence-corrected chi connectivity index (χ1v) is 35.6. The second-order valence-electron chi connectivity index (χ2n) is 24.1. The van der Waals surface area contributed by atoms with Gasteiger partial charge in [0.15, 0.2) is 6.10 Å². The quantitative estimate of drug-likeness (QED) is 0.0261. The van der Waals surface area contributed by atoms with E-state index in [-0.39, 0.29) is 37.5 Å². The molecular weight excluding hydrogens is 985 g/mol.